The number of hydrogen-bond acceptors (Lipinski definition) is 3. The second-order valence-electron chi connectivity index (χ2n) is 7.14. The molecule has 1 aliphatic rings. The molecule has 1 atom stereocenters. The fourth-order valence-electron chi connectivity index (χ4n) is 2.04. The van der Waals surface area contributed by atoms with Gasteiger partial charge < -0.3 is 8.74 Å². The molecule has 1 rings (SSSR count). The van der Waals surface area contributed by atoms with Gasteiger partial charge in [0.15, 0.2) is 0 Å². The fourth-order valence-corrected chi connectivity index (χ4v) is 7.42. The SMILES string of the molecule is CCP(=O)(OC1CCCCC1)O[Si](C)(C)C(C)(C)C. The molecule has 19 heavy (non-hydrogen) atoms. The summed E-state index contributed by atoms with van der Waals surface area (Å²) >= 11 is 0. The van der Waals surface area contributed by atoms with Gasteiger partial charge in [0.1, 0.15) is 0 Å². The average molecular weight is 306 g/mol. The molecule has 0 amide bonds. The highest BCUT2D eigenvalue weighted by Gasteiger charge is 2.43. The Labute approximate surface area is 120 Å². The second kappa shape index (κ2) is 6.42. The predicted octanol–water partition coefficient (Wildman–Crippen LogP) is 5.57. The molecule has 0 spiro atoms. The molecule has 5 heteroatoms. The first-order chi connectivity index (χ1) is 8.60. The van der Waals surface area contributed by atoms with Gasteiger partial charge in [-0.15, -0.1) is 0 Å². The van der Waals surface area contributed by atoms with Gasteiger partial charge in [0.05, 0.1) is 6.10 Å². The van der Waals surface area contributed by atoms with Gasteiger partial charge in [0.2, 0.25) is 8.32 Å². The lowest BCUT2D eigenvalue weighted by Gasteiger charge is -2.39. The Morgan fingerprint density at radius 1 is 1.16 bits per heavy atom. The molecule has 114 valence electrons. The van der Waals surface area contributed by atoms with Crippen LogP contribution in [0.2, 0.25) is 18.1 Å². The van der Waals surface area contributed by atoms with Gasteiger partial charge in [-0.05, 0) is 31.0 Å². The summed E-state index contributed by atoms with van der Waals surface area (Å²) in [6.07, 6.45) is 6.35. The van der Waals surface area contributed by atoms with Crippen LogP contribution in [0.3, 0.4) is 0 Å². The number of rotatable bonds is 5. The second-order valence-corrected chi connectivity index (χ2v) is 14.5. The van der Waals surface area contributed by atoms with Crippen LogP contribution in [0.1, 0.15) is 59.8 Å². The van der Waals surface area contributed by atoms with Crippen LogP contribution < -0.4 is 0 Å². The zero-order chi connectivity index (χ0) is 14.7. The zero-order valence-corrected chi connectivity index (χ0v) is 15.4. The van der Waals surface area contributed by atoms with E-state index >= 15 is 0 Å². The third-order valence-electron chi connectivity index (χ3n) is 4.42. The molecule has 0 heterocycles. The minimum atomic E-state index is -2.92. The summed E-state index contributed by atoms with van der Waals surface area (Å²) in [5.41, 5.74) is 0. The fraction of sp³-hybridized carbons (Fsp3) is 1.00. The molecule has 3 nitrogen and oxygen atoms in total. The molecule has 0 bridgehead atoms. The molecule has 0 radical (unpaired) electrons. The quantitative estimate of drug-likeness (QED) is 0.492. The van der Waals surface area contributed by atoms with Crippen molar-refractivity contribution in [3.8, 4) is 0 Å². The highest BCUT2D eigenvalue weighted by atomic mass is 31.2. The van der Waals surface area contributed by atoms with Gasteiger partial charge in [-0.25, -0.2) is 0 Å². The minimum absolute atomic E-state index is 0.0632. The summed E-state index contributed by atoms with van der Waals surface area (Å²) in [5, 5.41) is 0.0632. The van der Waals surface area contributed by atoms with Gasteiger partial charge in [0, 0.05) is 6.16 Å². The molecule has 1 aliphatic carbocycles. The van der Waals surface area contributed by atoms with Crippen LogP contribution in [-0.2, 0) is 13.3 Å². The van der Waals surface area contributed by atoms with Crippen LogP contribution in [0, 0.1) is 0 Å². The van der Waals surface area contributed by atoms with Gasteiger partial charge >= 0.3 is 7.60 Å². The van der Waals surface area contributed by atoms with E-state index in [0.29, 0.717) is 6.16 Å². The van der Waals surface area contributed by atoms with Crippen molar-refractivity contribution < 1.29 is 13.3 Å². The van der Waals surface area contributed by atoms with E-state index in [-0.39, 0.29) is 11.1 Å². The molecular formula is C14H31O3PSi. The Bertz CT molecular complexity index is 330. The van der Waals surface area contributed by atoms with Crippen molar-refractivity contribution in [1.82, 2.24) is 0 Å². The largest absolute Gasteiger partial charge is 0.350 e. The molecule has 0 aromatic heterocycles. The van der Waals surface area contributed by atoms with Crippen molar-refractivity contribution in [1.29, 1.82) is 0 Å². The van der Waals surface area contributed by atoms with Gasteiger partial charge in [-0.3, -0.25) is 4.57 Å². The van der Waals surface area contributed by atoms with Crippen LogP contribution in [0.25, 0.3) is 0 Å². The van der Waals surface area contributed by atoms with Crippen LogP contribution in [0.15, 0.2) is 0 Å². The van der Waals surface area contributed by atoms with Crippen LogP contribution in [-0.4, -0.2) is 20.6 Å². The van der Waals surface area contributed by atoms with E-state index in [0.717, 1.165) is 12.8 Å². The van der Waals surface area contributed by atoms with Crippen molar-refractivity contribution in [2.75, 3.05) is 6.16 Å². The van der Waals surface area contributed by atoms with Gasteiger partial charge in [-0.1, -0.05) is 47.0 Å². The van der Waals surface area contributed by atoms with Crippen molar-refractivity contribution in [2.24, 2.45) is 0 Å². The molecule has 1 unspecified atom stereocenters. The molecule has 0 aliphatic heterocycles. The van der Waals surface area contributed by atoms with Crippen molar-refractivity contribution >= 4 is 15.9 Å². The maximum Gasteiger partial charge on any atom is 0.321 e. The Morgan fingerprint density at radius 2 is 1.68 bits per heavy atom. The lowest BCUT2D eigenvalue weighted by molar-refractivity contribution is 0.136. The highest BCUT2D eigenvalue weighted by Crippen LogP contribution is 2.56. The highest BCUT2D eigenvalue weighted by molar-refractivity contribution is 7.55. The first kappa shape index (κ1) is 17.4. The van der Waals surface area contributed by atoms with Crippen LogP contribution >= 0.6 is 7.60 Å². The normalized spacial score (nSPS) is 22.2. The van der Waals surface area contributed by atoms with E-state index in [4.69, 9.17) is 8.74 Å². The Morgan fingerprint density at radius 3 is 2.11 bits per heavy atom. The van der Waals surface area contributed by atoms with Crippen molar-refractivity contribution in [2.45, 2.75) is 84.0 Å². The third kappa shape index (κ3) is 5.00. The molecule has 0 N–H and O–H groups in total. The van der Waals surface area contributed by atoms with E-state index in [9.17, 15) is 4.57 Å². The van der Waals surface area contributed by atoms with Crippen LogP contribution in [0.4, 0.5) is 0 Å². The summed E-state index contributed by atoms with van der Waals surface area (Å²) in [7, 11) is -4.96. The monoisotopic (exact) mass is 306 g/mol. The van der Waals surface area contributed by atoms with E-state index in [1.165, 1.54) is 19.3 Å². The Kier molecular flexibility index (Phi) is 5.89. The topological polar surface area (TPSA) is 35.5 Å². The van der Waals surface area contributed by atoms with Gasteiger partial charge in [0.25, 0.3) is 0 Å². The van der Waals surface area contributed by atoms with Crippen molar-refractivity contribution in [3.63, 3.8) is 0 Å². The Balaban J connectivity index is 2.72. The average Bonchev–Trinajstić information content (AvgIpc) is 2.28. The molecule has 1 saturated carbocycles. The zero-order valence-electron chi connectivity index (χ0n) is 13.5. The summed E-state index contributed by atoms with van der Waals surface area (Å²) in [5.74, 6) is 0. The minimum Gasteiger partial charge on any atom is -0.350 e. The smallest absolute Gasteiger partial charge is 0.321 e. The molecular weight excluding hydrogens is 275 g/mol. The maximum atomic E-state index is 12.9. The van der Waals surface area contributed by atoms with E-state index < -0.39 is 15.9 Å². The number of hydrogen-bond donors (Lipinski definition) is 0. The third-order valence-corrected chi connectivity index (χ3v) is 12.4. The van der Waals surface area contributed by atoms with Crippen molar-refractivity contribution in [3.05, 3.63) is 0 Å². The first-order valence-electron chi connectivity index (χ1n) is 7.58. The molecule has 1 fully saturated rings. The van der Waals surface area contributed by atoms with E-state index in [2.05, 4.69) is 33.9 Å². The summed E-state index contributed by atoms with van der Waals surface area (Å²) < 4.78 is 24.9. The summed E-state index contributed by atoms with van der Waals surface area (Å²) in [4.78, 5) is 0. The summed E-state index contributed by atoms with van der Waals surface area (Å²) in [6.45, 7) is 12.7. The first-order valence-corrected chi connectivity index (χ1v) is 12.2. The van der Waals surface area contributed by atoms with Crippen LogP contribution in [0.5, 0.6) is 0 Å². The van der Waals surface area contributed by atoms with Gasteiger partial charge in [-0.2, -0.15) is 0 Å². The molecule has 0 saturated heterocycles. The standard InChI is InChI=1S/C14H31O3PSi/c1-7-18(15,16-13-11-9-8-10-12-13)17-19(5,6)14(2,3)4/h13H,7-12H2,1-6H3. The summed E-state index contributed by atoms with van der Waals surface area (Å²) in [6, 6.07) is 0. The van der Waals surface area contributed by atoms with E-state index in [1.807, 2.05) is 6.92 Å². The van der Waals surface area contributed by atoms with E-state index in [1.54, 1.807) is 0 Å². The molecule has 0 aromatic carbocycles. The maximum absolute atomic E-state index is 12.9. The molecule has 0 aromatic rings. The Hall–Kier alpha value is 0.367. The lowest BCUT2D eigenvalue weighted by atomic mass is 9.98. The lowest BCUT2D eigenvalue weighted by Crippen LogP contribution is -2.40. The predicted molar refractivity (Wildman–Crippen MR) is 84.4 cm³/mol.